The first-order valence-electron chi connectivity index (χ1n) is 7.68. The molecule has 0 spiro atoms. The number of aromatic nitrogens is 3. The molecule has 7 heteroatoms. The van der Waals surface area contributed by atoms with Gasteiger partial charge in [0.05, 0.1) is 5.52 Å². The first-order chi connectivity index (χ1) is 10.8. The second-order valence-electron chi connectivity index (χ2n) is 6.19. The lowest BCUT2D eigenvalue weighted by Crippen LogP contribution is -2.04. The van der Waals surface area contributed by atoms with Crippen LogP contribution in [0.25, 0.3) is 21.9 Å². The molecule has 1 aromatic carbocycles. The van der Waals surface area contributed by atoms with Crippen molar-refractivity contribution in [2.45, 2.75) is 26.2 Å². The molecular formula is C16H21N4O2P. The fraction of sp³-hybridized carbons (Fsp3) is 0.375. The van der Waals surface area contributed by atoms with Crippen LogP contribution in [-0.4, -0.2) is 33.2 Å². The summed E-state index contributed by atoms with van der Waals surface area (Å²) in [6.45, 7) is 5.52. The Hall–Kier alpha value is -2.07. The molecule has 0 fully saturated rings. The van der Waals surface area contributed by atoms with E-state index in [0.717, 1.165) is 28.3 Å². The maximum Gasteiger partial charge on any atom is 0.152 e. The fourth-order valence-corrected chi connectivity index (χ4v) is 3.57. The average molecular weight is 332 g/mol. The van der Waals surface area contributed by atoms with E-state index >= 15 is 0 Å². The highest BCUT2D eigenvalue weighted by Gasteiger charge is 2.18. The number of aryl methyl sites for hydroxylation is 1. The van der Waals surface area contributed by atoms with E-state index in [9.17, 15) is 9.77 Å². The molecule has 0 saturated carbocycles. The van der Waals surface area contributed by atoms with Crippen molar-refractivity contribution < 1.29 is 9.77 Å². The Morgan fingerprint density at radius 1 is 1.30 bits per heavy atom. The minimum atomic E-state index is -2.39. The first kappa shape index (κ1) is 15.8. The molecule has 3 rings (SSSR count). The van der Waals surface area contributed by atoms with Gasteiger partial charge in [-0.05, 0) is 31.9 Å². The lowest BCUT2D eigenvalue weighted by Gasteiger charge is -2.09. The summed E-state index contributed by atoms with van der Waals surface area (Å²) in [4.78, 5) is 8.82. The Morgan fingerprint density at radius 3 is 2.70 bits per heavy atom. The molecule has 6 nitrogen and oxygen atoms in total. The third-order valence-electron chi connectivity index (χ3n) is 4.02. The Bertz CT molecular complexity index is 942. The molecule has 3 N–H and O–H groups in total. The van der Waals surface area contributed by atoms with Gasteiger partial charge in [-0.1, -0.05) is 19.4 Å². The molecule has 2 heterocycles. The number of nitrogens with zero attached hydrogens (tertiary/aromatic N) is 3. The van der Waals surface area contributed by atoms with Crippen molar-refractivity contribution in [3.8, 4) is 0 Å². The molecule has 0 unspecified atom stereocenters. The van der Waals surface area contributed by atoms with Crippen molar-refractivity contribution in [3.63, 3.8) is 0 Å². The molecule has 0 atom stereocenters. The van der Waals surface area contributed by atoms with Crippen LogP contribution in [0, 0.1) is 0 Å². The van der Waals surface area contributed by atoms with Gasteiger partial charge in [0, 0.05) is 17.1 Å². The first-order valence-corrected chi connectivity index (χ1v) is 10.3. The molecule has 0 aliphatic heterocycles. The predicted octanol–water partition coefficient (Wildman–Crippen LogP) is 2.99. The Balaban J connectivity index is 2.30. The predicted molar refractivity (Wildman–Crippen MR) is 94.3 cm³/mol. The molecule has 0 saturated heterocycles. The standard InChI is InChI=1S/C16H21N4O2P/c1-4-5-6-13-19-14-15(20(13)21)11-8-7-10(23(2,3)22)9-12(11)18-16(14)17/h7-9,21H,4-6H2,1-3H3,(H2,17,18). The zero-order valence-electron chi connectivity index (χ0n) is 13.6. The van der Waals surface area contributed by atoms with Crippen molar-refractivity contribution >= 4 is 40.2 Å². The summed E-state index contributed by atoms with van der Waals surface area (Å²) in [5.41, 5.74) is 7.72. The van der Waals surface area contributed by atoms with Crippen LogP contribution in [0.4, 0.5) is 5.82 Å². The highest BCUT2D eigenvalue weighted by molar-refractivity contribution is 7.70. The van der Waals surface area contributed by atoms with Gasteiger partial charge >= 0.3 is 0 Å². The normalized spacial score (nSPS) is 12.3. The molecule has 2 aromatic heterocycles. The molecule has 0 radical (unpaired) electrons. The molecule has 0 aliphatic rings. The van der Waals surface area contributed by atoms with E-state index < -0.39 is 7.14 Å². The molecule has 0 aliphatic carbocycles. The second-order valence-corrected chi connectivity index (χ2v) is 9.41. The molecule has 3 aromatic rings. The zero-order chi connectivity index (χ0) is 16.8. The van der Waals surface area contributed by atoms with Crippen LogP contribution in [0.2, 0.25) is 0 Å². The Kier molecular flexibility index (Phi) is 3.80. The van der Waals surface area contributed by atoms with Gasteiger partial charge in [-0.2, -0.15) is 4.73 Å². The third-order valence-corrected chi connectivity index (χ3v) is 5.54. The molecule has 0 bridgehead atoms. The number of rotatable bonds is 4. The van der Waals surface area contributed by atoms with Crippen LogP contribution in [0.1, 0.15) is 25.6 Å². The number of hydrogen-bond donors (Lipinski definition) is 2. The number of pyridine rings is 1. The fourth-order valence-electron chi connectivity index (χ4n) is 2.71. The summed E-state index contributed by atoms with van der Waals surface area (Å²) in [7, 11) is -2.39. The maximum atomic E-state index is 12.3. The highest BCUT2D eigenvalue weighted by Crippen LogP contribution is 2.36. The van der Waals surface area contributed by atoms with E-state index in [0.29, 0.717) is 28.8 Å². The summed E-state index contributed by atoms with van der Waals surface area (Å²) >= 11 is 0. The Labute approximate surface area is 134 Å². The number of nitrogens with two attached hydrogens (primary N) is 1. The van der Waals surface area contributed by atoms with Crippen molar-refractivity contribution in [2.24, 2.45) is 0 Å². The van der Waals surface area contributed by atoms with Crippen molar-refractivity contribution in [1.82, 2.24) is 14.7 Å². The third kappa shape index (κ3) is 2.68. The molecule has 122 valence electrons. The van der Waals surface area contributed by atoms with Gasteiger partial charge in [0.1, 0.15) is 24.0 Å². The number of unbranched alkanes of at least 4 members (excludes halogenated alkanes) is 1. The maximum absolute atomic E-state index is 12.3. The lowest BCUT2D eigenvalue weighted by molar-refractivity contribution is 0.188. The van der Waals surface area contributed by atoms with E-state index in [1.165, 1.54) is 0 Å². The number of imidazole rings is 1. The van der Waals surface area contributed by atoms with E-state index in [2.05, 4.69) is 16.9 Å². The number of nitrogen functional groups attached to an aromatic ring is 1. The van der Waals surface area contributed by atoms with Crippen LogP contribution in [0.15, 0.2) is 18.2 Å². The van der Waals surface area contributed by atoms with Crippen molar-refractivity contribution in [2.75, 3.05) is 19.1 Å². The van der Waals surface area contributed by atoms with Gasteiger partial charge in [-0.3, -0.25) is 0 Å². The topological polar surface area (TPSA) is 94.0 Å². The van der Waals surface area contributed by atoms with Gasteiger partial charge < -0.3 is 15.5 Å². The van der Waals surface area contributed by atoms with E-state index in [1.54, 1.807) is 19.4 Å². The summed E-state index contributed by atoms with van der Waals surface area (Å²) < 4.78 is 13.4. The molecule has 0 amide bonds. The number of hydrogen-bond acceptors (Lipinski definition) is 5. The minimum Gasteiger partial charge on any atom is -0.427 e. The summed E-state index contributed by atoms with van der Waals surface area (Å²) in [5.74, 6) is 0.862. The van der Waals surface area contributed by atoms with Crippen LogP contribution < -0.4 is 11.0 Å². The highest BCUT2D eigenvalue weighted by atomic mass is 31.2. The number of fused-ring (bicyclic) bond motifs is 3. The largest absolute Gasteiger partial charge is 0.427 e. The number of benzene rings is 1. The van der Waals surface area contributed by atoms with E-state index in [4.69, 9.17) is 5.73 Å². The van der Waals surface area contributed by atoms with E-state index in [1.807, 2.05) is 12.1 Å². The van der Waals surface area contributed by atoms with Crippen LogP contribution in [0.5, 0.6) is 0 Å². The van der Waals surface area contributed by atoms with Crippen LogP contribution in [-0.2, 0) is 11.0 Å². The summed E-state index contributed by atoms with van der Waals surface area (Å²) in [6, 6.07) is 5.43. The van der Waals surface area contributed by atoms with Crippen LogP contribution in [0.3, 0.4) is 0 Å². The average Bonchev–Trinajstić information content (AvgIpc) is 2.82. The van der Waals surface area contributed by atoms with E-state index in [-0.39, 0.29) is 5.82 Å². The molecule has 23 heavy (non-hydrogen) atoms. The summed E-state index contributed by atoms with van der Waals surface area (Å²) in [6.07, 6.45) is 2.64. The number of anilines is 1. The summed E-state index contributed by atoms with van der Waals surface area (Å²) in [5, 5.41) is 12.0. The van der Waals surface area contributed by atoms with Gasteiger partial charge in [-0.25, -0.2) is 9.97 Å². The van der Waals surface area contributed by atoms with Gasteiger partial charge in [0.25, 0.3) is 0 Å². The monoisotopic (exact) mass is 332 g/mol. The van der Waals surface area contributed by atoms with Crippen LogP contribution >= 0.6 is 7.14 Å². The zero-order valence-corrected chi connectivity index (χ0v) is 14.5. The van der Waals surface area contributed by atoms with Gasteiger partial charge in [-0.15, -0.1) is 0 Å². The smallest absolute Gasteiger partial charge is 0.152 e. The quantitative estimate of drug-likeness (QED) is 0.566. The second kappa shape index (κ2) is 5.53. The lowest BCUT2D eigenvalue weighted by atomic mass is 10.2. The van der Waals surface area contributed by atoms with Crippen molar-refractivity contribution in [3.05, 3.63) is 24.0 Å². The molecular weight excluding hydrogens is 311 g/mol. The SMILES string of the molecule is CCCCc1nc2c(N)nc3cc(P(C)(C)=O)ccc3c2n1O. The van der Waals surface area contributed by atoms with Gasteiger partial charge in [0.15, 0.2) is 5.82 Å². The minimum absolute atomic E-state index is 0.275. The Morgan fingerprint density at radius 2 is 2.04 bits per heavy atom. The van der Waals surface area contributed by atoms with Gasteiger partial charge in [0.2, 0.25) is 0 Å². The van der Waals surface area contributed by atoms with Crippen molar-refractivity contribution in [1.29, 1.82) is 0 Å².